The largest absolute Gasteiger partial charge is 0.390 e. The van der Waals surface area contributed by atoms with Gasteiger partial charge in [-0.1, -0.05) is 0 Å². The van der Waals surface area contributed by atoms with Gasteiger partial charge in [-0.15, -0.1) is 0 Å². The SMILES string of the molecule is Cc1c(S(C)(=O)=O)ccnc1CO. The normalized spacial score (nSPS) is 11.6. The van der Waals surface area contributed by atoms with Crippen LogP contribution >= 0.6 is 0 Å². The Hall–Kier alpha value is -0.940. The van der Waals surface area contributed by atoms with Crippen LogP contribution in [0.4, 0.5) is 0 Å². The Bertz CT molecular complexity index is 411. The maximum Gasteiger partial charge on any atom is 0.175 e. The molecule has 0 aliphatic carbocycles. The summed E-state index contributed by atoms with van der Waals surface area (Å²) in [5.74, 6) is 0. The summed E-state index contributed by atoms with van der Waals surface area (Å²) >= 11 is 0. The summed E-state index contributed by atoms with van der Waals surface area (Å²) in [5.41, 5.74) is 0.926. The van der Waals surface area contributed by atoms with Crippen molar-refractivity contribution in [3.63, 3.8) is 0 Å². The number of aromatic nitrogens is 1. The molecule has 0 aliphatic heterocycles. The molecular weight excluding hydrogens is 190 g/mol. The summed E-state index contributed by atoms with van der Waals surface area (Å²) in [4.78, 5) is 4.08. The van der Waals surface area contributed by atoms with E-state index in [2.05, 4.69) is 4.98 Å². The van der Waals surface area contributed by atoms with Crippen molar-refractivity contribution in [1.29, 1.82) is 0 Å². The molecule has 0 aromatic carbocycles. The number of sulfone groups is 1. The van der Waals surface area contributed by atoms with E-state index in [1.807, 2.05) is 0 Å². The van der Waals surface area contributed by atoms with E-state index >= 15 is 0 Å². The van der Waals surface area contributed by atoms with Gasteiger partial charge in [0.15, 0.2) is 9.84 Å². The van der Waals surface area contributed by atoms with Crippen LogP contribution in [0, 0.1) is 6.92 Å². The highest BCUT2D eigenvalue weighted by molar-refractivity contribution is 7.90. The van der Waals surface area contributed by atoms with Crippen LogP contribution in [-0.2, 0) is 16.4 Å². The number of rotatable bonds is 2. The highest BCUT2D eigenvalue weighted by Gasteiger charge is 2.12. The molecule has 1 heterocycles. The van der Waals surface area contributed by atoms with Crippen molar-refractivity contribution < 1.29 is 13.5 Å². The van der Waals surface area contributed by atoms with Crippen LogP contribution in [0.15, 0.2) is 17.2 Å². The molecule has 0 spiro atoms. The zero-order valence-electron chi connectivity index (χ0n) is 7.48. The molecule has 4 nitrogen and oxygen atoms in total. The third-order valence-electron chi connectivity index (χ3n) is 1.81. The average Bonchev–Trinajstić information content (AvgIpc) is 2.02. The van der Waals surface area contributed by atoms with Gasteiger partial charge >= 0.3 is 0 Å². The molecule has 5 heteroatoms. The first-order chi connectivity index (χ1) is 5.96. The molecular formula is C8H11NO3S. The number of aliphatic hydroxyl groups is 1. The van der Waals surface area contributed by atoms with Gasteiger partial charge in [0.1, 0.15) is 0 Å². The van der Waals surface area contributed by atoms with Gasteiger partial charge in [0.25, 0.3) is 0 Å². The minimum atomic E-state index is -3.22. The van der Waals surface area contributed by atoms with Crippen molar-refractivity contribution >= 4 is 9.84 Å². The number of aliphatic hydroxyl groups excluding tert-OH is 1. The third-order valence-corrected chi connectivity index (χ3v) is 3.05. The van der Waals surface area contributed by atoms with Crippen LogP contribution in [0.5, 0.6) is 0 Å². The summed E-state index contributed by atoms with van der Waals surface area (Å²) in [7, 11) is -3.22. The predicted molar refractivity (Wildman–Crippen MR) is 48.0 cm³/mol. The Morgan fingerprint density at radius 2 is 2.15 bits per heavy atom. The molecule has 72 valence electrons. The monoisotopic (exact) mass is 201 g/mol. The molecule has 0 bridgehead atoms. The van der Waals surface area contributed by atoms with E-state index < -0.39 is 9.84 Å². The van der Waals surface area contributed by atoms with Crippen LogP contribution in [0.2, 0.25) is 0 Å². The Kier molecular flexibility index (Phi) is 2.68. The van der Waals surface area contributed by atoms with Gasteiger partial charge in [0.2, 0.25) is 0 Å². The predicted octanol–water partition coefficient (Wildman–Crippen LogP) is 0.286. The van der Waals surface area contributed by atoms with Crippen LogP contribution in [-0.4, -0.2) is 24.8 Å². The van der Waals surface area contributed by atoms with Gasteiger partial charge in [-0.2, -0.15) is 0 Å². The third kappa shape index (κ3) is 2.05. The van der Waals surface area contributed by atoms with E-state index in [1.54, 1.807) is 6.92 Å². The number of hydrogen-bond acceptors (Lipinski definition) is 4. The van der Waals surface area contributed by atoms with Gasteiger partial charge in [0, 0.05) is 12.5 Å². The minimum absolute atomic E-state index is 0.228. The van der Waals surface area contributed by atoms with Gasteiger partial charge in [0.05, 0.1) is 17.2 Å². The smallest absolute Gasteiger partial charge is 0.175 e. The second kappa shape index (κ2) is 3.43. The summed E-state index contributed by atoms with van der Waals surface area (Å²) in [6.07, 6.45) is 2.52. The van der Waals surface area contributed by atoms with Gasteiger partial charge in [-0.05, 0) is 18.6 Å². The number of nitrogens with zero attached hydrogens (tertiary/aromatic N) is 1. The number of hydrogen-bond donors (Lipinski definition) is 1. The molecule has 1 aromatic heterocycles. The van der Waals surface area contributed by atoms with E-state index in [0.717, 1.165) is 6.26 Å². The van der Waals surface area contributed by atoms with Crippen LogP contribution in [0.3, 0.4) is 0 Å². The average molecular weight is 201 g/mol. The molecule has 13 heavy (non-hydrogen) atoms. The Labute approximate surface area is 77.2 Å². The zero-order chi connectivity index (χ0) is 10.1. The topological polar surface area (TPSA) is 67.3 Å². The minimum Gasteiger partial charge on any atom is -0.390 e. The Morgan fingerprint density at radius 3 is 2.62 bits per heavy atom. The van der Waals surface area contributed by atoms with E-state index in [1.165, 1.54) is 12.3 Å². The highest BCUT2D eigenvalue weighted by atomic mass is 32.2. The fourth-order valence-corrected chi connectivity index (χ4v) is 2.10. The zero-order valence-corrected chi connectivity index (χ0v) is 8.30. The summed E-state index contributed by atoms with van der Waals surface area (Å²) in [6, 6.07) is 1.43. The van der Waals surface area contributed by atoms with Crippen LogP contribution in [0.1, 0.15) is 11.3 Å². The van der Waals surface area contributed by atoms with Gasteiger partial charge < -0.3 is 5.11 Å². The second-order valence-corrected chi connectivity index (χ2v) is 4.80. The molecule has 0 unspecified atom stereocenters. The highest BCUT2D eigenvalue weighted by Crippen LogP contribution is 2.16. The lowest BCUT2D eigenvalue weighted by Crippen LogP contribution is -2.04. The molecule has 0 fully saturated rings. The second-order valence-electron chi connectivity index (χ2n) is 2.81. The Morgan fingerprint density at radius 1 is 1.54 bits per heavy atom. The van der Waals surface area contributed by atoms with Gasteiger partial charge in [-0.3, -0.25) is 4.98 Å². The van der Waals surface area contributed by atoms with Crippen molar-refractivity contribution in [1.82, 2.24) is 4.98 Å². The maximum absolute atomic E-state index is 11.2. The first kappa shape index (κ1) is 10.1. The quantitative estimate of drug-likeness (QED) is 0.746. The summed E-state index contributed by atoms with van der Waals surface area (Å²) in [6.45, 7) is 1.39. The van der Waals surface area contributed by atoms with E-state index in [9.17, 15) is 8.42 Å². The van der Waals surface area contributed by atoms with Gasteiger partial charge in [-0.25, -0.2) is 8.42 Å². The molecule has 0 saturated heterocycles. The molecule has 1 N–H and O–H groups in total. The molecule has 1 aromatic rings. The first-order valence-electron chi connectivity index (χ1n) is 3.72. The molecule has 0 atom stereocenters. The lowest BCUT2D eigenvalue weighted by Gasteiger charge is -2.05. The lowest BCUT2D eigenvalue weighted by atomic mass is 10.2. The molecule has 0 aliphatic rings. The van der Waals surface area contributed by atoms with E-state index in [-0.39, 0.29) is 11.5 Å². The molecule has 0 radical (unpaired) electrons. The van der Waals surface area contributed by atoms with E-state index in [4.69, 9.17) is 5.11 Å². The van der Waals surface area contributed by atoms with E-state index in [0.29, 0.717) is 11.3 Å². The van der Waals surface area contributed by atoms with Crippen molar-refractivity contribution in [2.24, 2.45) is 0 Å². The maximum atomic E-state index is 11.2. The molecule has 1 rings (SSSR count). The van der Waals surface area contributed by atoms with Crippen molar-refractivity contribution in [3.8, 4) is 0 Å². The number of pyridine rings is 1. The van der Waals surface area contributed by atoms with Crippen LogP contribution < -0.4 is 0 Å². The molecule has 0 saturated carbocycles. The summed E-state index contributed by atoms with van der Waals surface area (Å²) in [5, 5.41) is 8.85. The molecule has 0 amide bonds. The van der Waals surface area contributed by atoms with Crippen molar-refractivity contribution in [2.45, 2.75) is 18.4 Å². The van der Waals surface area contributed by atoms with Crippen molar-refractivity contribution in [2.75, 3.05) is 6.26 Å². The van der Waals surface area contributed by atoms with Crippen molar-refractivity contribution in [3.05, 3.63) is 23.5 Å². The lowest BCUT2D eigenvalue weighted by molar-refractivity contribution is 0.275. The first-order valence-corrected chi connectivity index (χ1v) is 5.61. The fourth-order valence-electron chi connectivity index (χ4n) is 1.12. The Balaban J connectivity index is 3.41. The standard InChI is InChI=1S/C8H11NO3S/c1-6-7(5-10)9-4-3-8(6)13(2,11)12/h3-4,10H,5H2,1-2H3. The van der Waals surface area contributed by atoms with Crippen LogP contribution in [0.25, 0.3) is 0 Å². The fraction of sp³-hybridized carbons (Fsp3) is 0.375. The summed E-state index contributed by atoms with van der Waals surface area (Å²) < 4.78 is 22.4.